The topological polar surface area (TPSA) is 221 Å². The number of amides is 1. The van der Waals surface area contributed by atoms with Crippen LogP contribution in [0.15, 0.2) is 218 Å². The molecule has 0 heterocycles. The van der Waals surface area contributed by atoms with Gasteiger partial charge >= 0.3 is 0 Å². The average Bonchev–Trinajstić information content (AvgIpc) is 0.836. The molecule has 0 aliphatic rings. The normalized spacial score (nSPS) is 10.5. The molecule has 0 fully saturated rings. The standard InChI is InChI=1S/C25H34O5.C22H27NO3.C21H27NO2.C20H17NO2/c1-3-5-7-9-15-29-19-11-13-21(23(26)17-19)25(28)22-14-12-20(18-24(22)27)30-16-10-8-6-4-2;1-2-3-4-5-6-10-13-21(25)23-18-14-15-20(24)19(16-18)22(26)17-11-8-7-9-12-17;1-3-5-14-22(15-6-4-2)18-12-13-20(23)19(16-18)21(24)17-10-8-7-9-11-17;22-20(16-9-3-1-4-10-16)18-13-7-8-14-19(18)21-15-23-17-11-5-2-6-12-17/h11-14,17-18,26-27H,3-10,15-16H2,1-2H3;7-9,11-12,14-16,24H,2-6,10,13H2,1H3,(H,23,25);7-13,16,23H,3-6,14-15H2,1-2H3;1-14,21H,15H2. The summed E-state index contributed by atoms with van der Waals surface area (Å²) in [5.41, 5.74) is 5.50. The summed E-state index contributed by atoms with van der Waals surface area (Å²) in [4.78, 5) is 65.0. The van der Waals surface area contributed by atoms with Crippen molar-refractivity contribution < 1.29 is 58.6 Å². The third kappa shape index (κ3) is 28.4. The lowest BCUT2D eigenvalue weighted by Crippen LogP contribution is -2.25. The van der Waals surface area contributed by atoms with Crippen molar-refractivity contribution in [3.63, 3.8) is 0 Å². The summed E-state index contributed by atoms with van der Waals surface area (Å²) in [6.45, 7) is 14.2. The van der Waals surface area contributed by atoms with Crippen LogP contribution in [0, 0.1) is 0 Å². The van der Waals surface area contributed by atoms with Gasteiger partial charge in [-0.15, -0.1) is 0 Å². The van der Waals surface area contributed by atoms with Crippen molar-refractivity contribution in [2.45, 2.75) is 157 Å². The first kappa shape index (κ1) is 81.3. The minimum absolute atomic E-state index is 0.00610. The predicted octanol–water partition coefficient (Wildman–Crippen LogP) is 21.0. The highest BCUT2D eigenvalue weighted by atomic mass is 16.5. The molecule has 0 saturated carbocycles. The number of aromatic hydroxyl groups is 4. The zero-order chi connectivity index (χ0) is 73.8. The van der Waals surface area contributed by atoms with Gasteiger partial charge in [-0.25, -0.2) is 0 Å². The maximum absolute atomic E-state index is 12.8. The van der Waals surface area contributed by atoms with E-state index in [9.17, 15) is 44.4 Å². The smallest absolute Gasteiger partial charge is 0.224 e. The van der Waals surface area contributed by atoms with E-state index in [-0.39, 0.29) is 62.9 Å². The second kappa shape index (κ2) is 46.7. The number of anilines is 3. The van der Waals surface area contributed by atoms with Crippen LogP contribution < -0.4 is 29.7 Å². The van der Waals surface area contributed by atoms with Crippen LogP contribution in [-0.4, -0.2) is 82.5 Å². The van der Waals surface area contributed by atoms with E-state index in [4.69, 9.17) is 14.2 Å². The largest absolute Gasteiger partial charge is 0.507 e. The second-order valence-electron chi connectivity index (χ2n) is 25.1. The van der Waals surface area contributed by atoms with Crippen LogP contribution in [0.2, 0.25) is 0 Å². The number of para-hydroxylation sites is 2. The van der Waals surface area contributed by atoms with Gasteiger partial charge in [-0.05, 0) is 117 Å². The Morgan fingerprint density at radius 1 is 0.340 bits per heavy atom. The number of carbonyl (C=O) groups excluding carboxylic acids is 5. The Labute approximate surface area is 609 Å². The van der Waals surface area contributed by atoms with E-state index in [1.165, 1.54) is 68.5 Å². The van der Waals surface area contributed by atoms with Gasteiger partial charge in [-0.3, -0.25) is 24.0 Å². The molecule has 9 aromatic carbocycles. The molecule has 6 N–H and O–H groups in total. The SMILES string of the molecule is CCCCCCCCC(=O)Nc1ccc(O)c(C(=O)c2ccccc2)c1.CCCCCCOc1ccc(C(=O)c2ccc(OCCCCCC)cc2O)c(O)c1.CCCCN(CCCC)c1ccc(O)c(C(=O)c2ccccc2)c1.O=C(c1ccccc1)c1ccccc1NCOc1ccccc1. The fraction of sp³-hybridized carbons (Fsp3) is 0.330. The maximum atomic E-state index is 12.8. The molecular formula is C88H105N3O12. The first-order valence-electron chi connectivity index (χ1n) is 36.7. The first-order chi connectivity index (χ1) is 50.2. The Morgan fingerprint density at radius 2 is 0.757 bits per heavy atom. The Kier molecular flexibility index (Phi) is 36.9. The van der Waals surface area contributed by atoms with E-state index < -0.39 is 5.78 Å². The van der Waals surface area contributed by atoms with Crippen molar-refractivity contribution in [2.24, 2.45) is 0 Å². The van der Waals surface area contributed by atoms with Gasteiger partial charge in [0.1, 0.15) is 40.2 Å². The molecule has 0 aromatic heterocycles. The van der Waals surface area contributed by atoms with E-state index in [2.05, 4.69) is 50.2 Å². The molecule has 9 aromatic rings. The lowest BCUT2D eigenvalue weighted by Gasteiger charge is -2.25. The zero-order valence-electron chi connectivity index (χ0n) is 60.8. The number of hydrogen-bond donors (Lipinski definition) is 6. The highest BCUT2D eigenvalue weighted by Gasteiger charge is 2.21. The summed E-state index contributed by atoms with van der Waals surface area (Å²) in [6, 6.07) is 63.4. The monoisotopic (exact) mass is 1400 g/mol. The van der Waals surface area contributed by atoms with Crippen LogP contribution in [0.3, 0.4) is 0 Å². The minimum atomic E-state index is -0.450. The summed E-state index contributed by atoms with van der Waals surface area (Å²) < 4.78 is 16.9. The highest BCUT2D eigenvalue weighted by Crippen LogP contribution is 2.33. The van der Waals surface area contributed by atoms with Gasteiger partial charge in [0.2, 0.25) is 5.91 Å². The van der Waals surface area contributed by atoms with Crippen molar-refractivity contribution >= 4 is 46.1 Å². The molecular weight excluding hydrogens is 1290 g/mol. The highest BCUT2D eigenvalue weighted by molar-refractivity contribution is 6.14. The molecule has 0 aliphatic heterocycles. The Balaban J connectivity index is 0.000000217. The maximum Gasteiger partial charge on any atom is 0.224 e. The average molecular weight is 1400 g/mol. The lowest BCUT2D eigenvalue weighted by atomic mass is 10.0. The van der Waals surface area contributed by atoms with Crippen LogP contribution >= 0.6 is 0 Å². The second-order valence-corrected chi connectivity index (χ2v) is 25.1. The number of hydrogen-bond acceptors (Lipinski definition) is 14. The number of rotatable bonds is 39. The van der Waals surface area contributed by atoms with Gasteiger partial charge in [-0.1, -0.05) is 239 Å². The van der Waals surface area contributed by atoms with Crippen LogP contribution in [0.1, 0.15) is 220 Å². The Morgan fingerprint density at radius 3 is 1.24 bits per heavy atom. The number of benzene rings is 9. The third-order valence-electron chi connectivity index (χ3n) is 16.9. The molecule has 15 nitrogen and oxygen atoms in total. The molecule has 0 saturated heterocycles. The summed E-state index contributed by atoms with van der Waals surface area (Å²) >= 11 is 0. The molecule has 1 amide bonds. The Bertz CT molecular complexity index is 3910. The van der Waals surface area contributed by atoms with Gasteiger partial charge in [-0.2, -0.15) is 0 Å². The van der Waals surface area contributed by atoms with Crippen molar-refractivity contribution in [1.29, 1.82) is 0 Å². The molecule has 0 unspecified atom stereocenters. The van der Waals surface area contributed by atoms with Crippen molar-refractivity contribution in [3.8, 4) is 40.2 Å². The summed E-state index contributed by atoms with van der Waals surface area (Å²) in [7, 11) is 0. The van der Waals surface area contributed by atoms with E-state index in [0.29, 0.717) is 71.4 Å². The van der Waals surface area contributed by atoms with E-state index in [0.717, 1.165) is 114 Å². The summed E-state index contributed by atoms with van der Waals surface area (Å²) in [5, 5.41) is 46.7. The fourth-order valence-electron chi connectivity index (χ4n) is 11.0. The van der Waals surface area contributed by atoms with Gasteiger partial charge in [0.25, 0.3) is 0 Å². The lowest BCUT2D eigenvalue weighted by molar-refractivity contribution is -0.116. The number of phenols is 4. The molecule has 0 atom stereocenters. The summed E-state index contributed by atoms with van der Waals surface area (Å²) in [5.74, 6) is 0.525. The molecule has 0 aliphatic carbocycles. The number of phenolic OH excluding ortho intramolecular Hbond substituents is 4. The van der Waals surface area contributed by atoms with Crippen LogP contribution in [0.25, 0.3) is 0 Å². The molecule has 544 valence electrons. The Hall–Kier alpha value is -10.7. The van der Waals surface area contributed by atoms with E-state index in [1.54, 1.807) is 60.7 Å². The third-order valence-corrected chi connectivity index (χ3v) is 16.9. The molecule has 0 radical (unpaired) electrons. The number of nitrogens with zero attached hydrogens (tertiary/aromatic N) is 1. The predicted molar refractivity (Wildman–Crippen MR) is 415 cm³/mol. The van der Waals surface area contributed by atoms with Gasteiger partial charge in [0, 0.05) is 71.0 Å². The van der Waals surface area contributed by atoms with E-state index >= 15 is 0 Å². The molecule has 9 rings (SSSR count). The quantitative estimate of drug-likeness (QED) is 0.00913. The molecule has 0 spiro atoms. The number of ether oxygens (including phenoxy) is 3. The fourth-order valence-corrected chi connectivity index (χ4v) is 11.0. The van der Waals surface area contributed by atoms with Crippen molar-refractivity contribution in [3.05, 3.63) is 263 Å². The van der Waals surface area contributed by atoms with Crippen LogP contribution in [0.5, 0.6) is 40.2 Å². The zero-order valence-corrected chi connectivity index (χ0v) is 60.8. The minimum Gasteiger partial charge on any atom is -0.507 e. The van der Waals surface area contributed by atoms with Gasteiger partial charge < -0.3 is 50.2 Å². The molecule has 15 heteroatoms. The number of nitrogens with one attached hydrogen (secondary N) is 2. The first-order valence-corrected chi connectivity index (χ1v) is 36.7. The van der Waals surface area contributed by atoms with Gasteiger partial charge in [0.15, 0.2) is 29.9 Å². The molecule has 103 heavy (non-hydrogen) atoms. The summed E-state index contributed by atoms with van der Waals surface area (Å²) in [6.07, 6.45) is 20.5. The van der Waals surface area contributed by atoms with Gasteiger partial charge in [0.05, 0.1) is 35.5 Å². The number of ketones is 4. The van der Waals surface area contributed by atoms with Crippen LogP contribution in [0.4, 0.5) is 17.1 Å². The van der Waals surface area contributed by atoms with E-state index in [1.807, 2.05) is 121 Å². The number of unbranched alkanes of at least 4 members (excludes halogenated alkanes) is 13. The van der Waals surface area contributed by atoms with Crippen LogP contribution in [-0.2, 0) is 4.79 Å². The van der Waals surface area contributed by atoms with Crippen molar-refractivity contribution in [1.82, 2.24) is 0 Å². The van der Waals surface area contributed by atoms with Crippen molar-refractivity contribution in [2.75, 3.05) is 48.6 Å². The molecule has 0 bridgehead atoms. The number of carbonyl (C=O) groups is 5.